The number of hydrogen-bond donors (Lipinski definition) is 0. The third-order valence-corrected chi connectivity index (χ3v) is 4.17. The fourth-order valence-corrected chi connectivity index (χ4v) is 2.80. The zero-order valence-corrected chi connectivity index (χ0v) is 14.4. The summed E-state index contributed by atoms with van der Waals surface area (Å²) in [6, 6.07) is 6.63. The Morgan fingerprint density at radius 2 is 1.88 bits per heavy atom. The first-order valence-electron chi connectivity index (χ1n) is 8.19. The average Bonchev–Trinajstić information content (AvgIpc) is 2.66. The Morgan fingerprint density at radius 3 is 2.48 bits per heavy atom. The highest BCUT2D eigenvalue weighted by atomic mass is 16.6. The zero-order chi connectivity index (χ0) is 18.2. The molecule has 1 aromatic carbocycles. The maximum atomic E-state index is 12.3. The molecule has 0 aliphatic heterocycles. The predicted octanol–water partition coefficient (Wildman–Crippen LogP) is 3.26. The summed E-state index contributed by atoms with van der Waals surface area (Å²) in [5.41, 5.74) is 0.438. The van der Waals surface area contributed by atoms with Crippen molar-refractivity contribution in [3.05, 3.63) is 29.3 Å². The fraction of sp³-hybridized carbons (Fsp3) is 0.421. The minimum absolute atomic E-state index is 0.0671. The molecule has 1 aromatic rings. The highest BCUT2D eigenvalue weighted by molar-refractivity contribution is 5.97. The van der Waals surface area contributed by atoms with E-state index >= 15 is 0 Å². The van der Waals surface area contributed by atoms with Gasteiger partial charge in [-0.15, -0.1) is 0 Å². The van der Waals surface area contributed by atoms with E-state index in [1.54, 1.807) is 24.3 Å². The van der Waals surface area contributed by atoms with Gasteiger partial charge >= 0.3 is 11.9 Å². The highest BCUT2D eigenvalue weighted by Gasteiger charge is 2.24. The molecular formula is C19H21NO5. The lowest BCUT2D eigenvalue weighted by atomic mass is 9.89. The van der Waals surface area contributed by atoms with Gasteiger partial charge in [-0.1, -0.05) is 25.3 Å². The van der Waals surface area contributed by atoms with Gasteiger partial charge < -0.3 is 14.2 Å². The standard InChI is InChI=1S/C19H21NO5/c1-23-17-11-13(10-15(12-20)18(21)24-2)8-9-16(17)25-19(22)14-6-4-3-5-7-14/h8-11,14H,3-7H2,1-2H3/b15-10-. The molecule has 132 valence electrons. The molecule has 6 nitrogen and oxygen atoms in total. The molecule has 0 unspecified atom stereocenters. The van der Waals surface area contributed by atoms with Crippen molar-refractivity contribution >= 4 is 18.0 Å². The van der Waals surface area contributed by atoms with Crippen molar-refractivity contribution in [1.29, 1.82) is 5.26 Å². The van der Waals surface area contributed by atoms with Gasteiger partial charge in [-0.25, -0.2) is 4.79 Å². The molecule has 0 heterocycles. The Kier molecular flexibility index (Phi) is 6.58. The van der Waals surface area contributed by atoms with Crippen molar-refractivity contribution < 1.29 is 23.8 Å². The van der Waals surface area contributed by atoms with Gasteiger partial charge in [0.15, 0.2) is 11.5 Å². The summed E-state index contributed by atoms with van der Waals surface area (Å²) in [5, 5.41) is 9.01. The summed E-state index contributed by atoms with van der Waals surface area (Å²) in [6.45, 7) is 0. The molecule has 0 N–H and O–H groups in total. The zero-order valence-electron chi connectivity index (χ0n) is 14.4. The van der Waals surface area contributed by atoms with Gasteiger partial charge in [0.2, 0.25) is 0 Å². The van der Waals surface area contributed by atoms with E-state index in [9.17, 15) is 9.59 Å². The molecule has 0 radical (unpaired) electrons. The second-order valence-electron chi connectivity index (χ2n) is 5.83. The van der Waals surface area contributed by atoms with Crippen molar-refractivity contribution in [3.8, 4) is 17.6 Å². The first-order chi connectivity index (χ1) is 12.1. The van der Waals surface area contributed by atoms with E-state index in [-0.39, 0.29) is 17.5 Å². The van der Waals surface area contributed by atoms with Crippen LogP contribution in [0.5, 0.6) is 11.5 Å². The lowest BCUT2D eigenvalue weighted by molar-refractivity contribution is -0.140. The van der Waals surface area contributed by atoms with Gasteiger partial charge in [-0.05, 0) is 36.6 Å². The first-order valence-corrected chi connectivity index (χ1v) is 8.19. The Morgan fingerprint density at radius 1 is 1.16 bits per heavy atom. The molecule has 25 heavy (non-hydrogen) atoms. The number of nitriles is 1. The number of esters is 2. The van der Waals surface area contributed by atoms with Gasteiger partial charge in [0, 0.05) is 0 Å². The van der Waals surface area contributed by atoms with Crippen LogP contribution in [0.3, 0.4) is 0 Å². The van der Waals surface area contributed by atoms with Crippen LogP contribution in [-0.4, -0.2) is 26.2 Å². The van der Waals surface area contributed by atoms with Crippen LogP contribution in [0, 0.1) is 17.2 Å². The third-order valence-electron chi connectivity index (χ3n) is 4.17. The van der Waals surface area contributed by atoms with Crippen molar-refractivity contribution in [2.45, 2.75) is 32.1 Å². The van der Waals surface area contributed by atoms with Crippen LogP contribution >= 0.6 is 0 Å². The summed E-state index contributed by atoms with van der Waals surface area (Å²) >= 11 is 0. The molecule has 0 saturated heterocycles. The molecule has 0 spiro atoms. The molecule has 1 saturated carbocycles. The van der Waals surface area contributed by atoms with Crippen LogP contribution in [-0.2, 0) is 14.3 Å². The van der Waals surface area contributed by atoms with Gasteiger partial charge in [-0.3, -0.25) is 4.79 Å². The summed E-state index contributed by atoms with van der Waals surface area (Å²) in [6.07, 6.45) is 6.35. The molecule has 0 bridgehead atoms. The minimum atomic E-state index is -0.714. The molecule has 2 rings (SSSR count). The number of hydrogen-bond acceptors (Lipinski definition) is 6. The highest BCUT2D eigenvalue weighted by Crippen LogP contribution is 2.31. The van der Waals surface area contributed by atoms with Gasteiger partial charge in [-0.2, -0.15) is 5.26 Å². The molecule has 1 aliphatic rings. The molecule has 0 amide bonds. The molecule has 1 aliphatic carbocycles. The van der Waals surface area contributed by atoms with Crippen molar-refractivity contribution in [3.63, 3.8) is 0 Å². The largest absolute Gasteiger partial charge is 0.493 e. The molecule has 0 atom stereocenters. The summed E-state index contributed by atoms with van der Waals surface area (Å²) in [7, 11) is 2.67. The van der Waals surface area contributed by atoms with Gasteiger partial charge in [0.1, 0.15) is 11.6 Å². The monoisotopic (exact) mass is 343 g/mol. The lowest BCUT2D eigenvalue weighted by Gasteiger charge is -2.20. The Labute approximate surface area is 147 Å². The van der Waals surface area contributed by atoms with Crippen molar-refractivity contribution in [1.82, 2.24) is 0 Å². The number of methoxy groups -OCH3 is 2. The maximum absolute atomic E-state index is 12.3. The van der Waals surface area contributed by atoms with Crippen LogP contribution in [0.1, 0.15) is 37.7 Å². The number of carbonyl (C=O) groups excluding carboxylic acids is 2. The maximum Gasteiger partial charge on any atom is 0.348 e. The van der Waals surface area contributed by atoms with Crippen LogP contribution < -0.4 is 9.47 Å². The number of benzene rings is 1. The second-order valence-corrected chi connectivity index (χ2v) is 5.83. The predicted molar refractivity (Wildman–Crippen MR) is 90.8 cm³/mol. The number of nitrogens with zero attached hydrogens (tertiary/aromatic N) is 1. The smallest absolute Gasteiger partial charge is 0.348 e. The molecular weight excluding hydrogens is 322 g/mol. The van der Waals surface area contributed by atoms with Crippen LogP contribution in [0.2, 0.25) is 0 Å². The Hall–Kier alpha value is -2.81. The van der Waals surface area contributed by atoms with E-state index in [0.29, 0.717) is 17.1 Å². The number of rotatable bonds is 5. The normalized spacial score (nSPS) is 15.2. The Bertz CT molecular complexity index is 711. The van der Waals surface area contributed by atoms with E-state index in [1.807, 2.05) is 0 Å². The van der Waals surface area contributed by atoms with Crippen LogP contribution in [0.15, 0.2) is 23.8 Å². The van der Waals surface area contributed by atoms with E-state index in [0.717, 1.165) is 32.1 Å². The van der Waals surface area contributed by atoms with Crippen molar-refractivity contribution in [2.75, 3.05) is 14.2 Å². The SMILES string of the molecule is COC(=O)/C(C#N)=C\c1ccc(OC(=O)C2CCCCC2)c(OC)c1. The summed E-state index contributed by atoms with van der Waals surface area (Å²) in [4.78, 5) is 23.8. The van der Waals surface area contributed by atoms with Crippen molar-refractivity contribution in [2.24, 2.45) is 5.92 Å². The molecule has 1 fully saturated rings. The average molecular weight is 343 g/mol. The van der Waals surface area contributed by atoms with Gasteiger partial charge in [0.05, 0.1) is 20.1 Å². The van der Waals surface area contributed by atoms with E-state index < -0.39 is 5.97 Å². The summed E-state index contributed by atoms with van der Waals surface area (Å²) in [5.74, 6) is -0.336. The Balaban J connectivity index is 2.18. The van der Waals surface area contributed by atoms with Crippen LogP contribution in [0.25, 0.3) is 6.08 Å². The quantitative estimate of drug-likeness (QED) is 0.353. The van der Waals surface area contributed by atoms with Gasteiger partial charge in [0.25, 0.3) is 0 Å². The van der Waals surface area contributed by atoms with E-state index in [4.69, 9.17) is 14.7 Å². The topological polar surface area (TPSA) is 85.6 Å². The summed E-state index contributed by atoms with van der Waals surface area (Å²) < 4.78 is 15.3. The second kappa shape index (κ2) is 8.88. The first kappa shape index (κ1) is 18.5. The van der Waals surface area contributed by atoms with Crippen LogP contribution in [0.4, 0.5) is 0 Å². The van der Waals surface area contributed by atoms with E-state index in [1.165, 1.54) is 20.3 Å². The number of ether oxygens (including phenoxy) is 3. The number of carbonyl (C=O) groups is 2. The lowest BCUT2D eigenvalue weighted by Crippen LogP contribution is -2.22. The third kappa shape index (κ3) is 4.83. The fourth-order valence-electron chi connectivity index (χ4n) is 2.80. The minimum Gasteiger partial charge on any atom is -0.493 e. The van der Waals surface area contributed by atoms with E-state index in [2.05, 4.69) is 4.74 Å². The molecule has 0 aromatic heterocycles. The molecule has 6 heteroatoms.